The Labute approximate surface area is 350 Å². The normalized spacial score (nSPS) is 13.1. The summed E-state index contributed by atoms with van der Waals surface area (Å²) in [5, 5.41) is 4.61. The van der Waals surface area contributed by atoms with Gasteiger partial charge in [0, 0.05) is 48.2 Å². The molecule has 0 spiro atoms. The fourth-order valence-electron chi connectivity index (χ4n) is 8.90. The zero-order chi connectivity index (χ0) is 39.6. The van der Waals surface area contributed by atoms with Crippen molar-refractivity contribution < 1.29 is 8.83 Å². The Balaban J connectivity index is 0.927. The molecule has 0 saturated heterocycles. The molecule has 60 heavy (non-hydrogen) atoms. The van der Waals surface area contributed by atoms with Crippen molar-refractivity contribution in [2.75, 3.05) is 4.90 Å². The summed E-state index contributed by atoms with van der Waals surface area (Å²) < 4.78 is 15.5. The molecule has 3 heterocycles. The van der Waals surface area contributed by atoms with Gasteiger partial charge in [-0.15, -0.1) is 11.3 Å². The summed E-state index contributed by atoms with van der Waals surface area (Å²) in [6.07, 6.45) is 6.36. The van der Waals surface area contributed by atoms with Crippen molar-refractivity contribution in [3.8, 4) is 33.7 Å². The van der Waals surface area contributed by atoms with E-state index in [1.165, 1.54) is 53.7 Å². The molecule has 0 saturated carbocycles. The third-order valence-electron chi connectivity index (χ3n) is 11.8. The molecular weight excluding hydrogens is 753 g/mol. The highest BCUT2D eigenvalue weighted by Gasteiger charge is 2.22. The highest BCUT2D eigenvalue weighted by molar-refractivity contribution is 7.26. The van der Waals surface area contributed by atoms with Crippen molar-refractivity contribution in [3.63, 3.8) is 0 Å². The second kappa shape index (κ2) is 14.1. The molecule has 0 aliphatic heterocycles. The Morgan fingerprint density at radius 3 is 2.05 bits per heavy atom. The van der Waals surface area contributed by atoms with E-state index < -0.39 is 0 Å². The lowest BCUT2D eigenvalue weighted by Gasteiger charge is -2.30. The van der Waals surface area contributed by atoms with Gasteiger partial charge < -0.3 is 13.7 Å². The Morgan fingerprint density at radius 2 is 1.22 bits per heavy atom. The Hall–Kier alpha value is -7.47. The van der Waals surface area contributed by atoms with Crippen LogP contribution < -0.4 is 4.90 Å². The maximum Gasteiger partial charge on any atom is 0.227 e. The summed E-state index contributed by atoms with van der Waals surface area (Å²) in [4.78, 5) is 7.24. The minimum Gasteiger partial charge on any atom is -0.456 e. The number of hydrogen-bond acceptors (Lipinski definition) is 5. The Kier molecular flexibility index (Phi) is 8.13. The second-order valence-corrected chi connectivity index (χ2v) is 16.5. The monoisotopic (exact) mass is 788 g/mol. The van der Waals surface area contributed by atoms with Crippen molar-refractivity contribution in [2.45, 2.75) is 12.8 Å². The highest BCUT2D eigenvalue weighted by Crippen LogP contribution is 2.44. The molecule has 0 N–H and O–H groups in total. The average Bonchev–Trinajstić information content (AvgIpc) is 4.04. The van der Waals surface area contributed by atoms with Gasteiger partial charge in [-0.2, -0.15) is 0 Å². The van der Waals surface area contributed by atoms with E-state index in [1.54, 1.807) is 0 Å². The molecule has 0 bridgehead atoms. The molecule has 3 aromatic heterocycles. The zero-order valence-electron chi connectivity index (χ0n) is 32.5. The fraction of sp³-hybridized carbons (Fsp3) is 0.0364. The second-order valence-electron chi connectivity index (χ2n) is 15.4. The third-order valence-corrected chi connectivity index (χ3v) is 13.1. The van der Waals surface area contributed by atoms with Crippen LogP contribution in [-0.2, 0) is 0 Å². The van der Waals surface area contributed by atoms with Gasteiger partial charge >= 0.3 is 0 Å². The Morgan fingerprint density at radius 1 is 0.483 bits per heavy atom. The number of aromatic nitrogens is 1. The Bertz CT molecular complexity index is 3480. The van der Waals surface area contributed by atoms with E-state index in [-0.39, 0.29) is 0 Å². The number of anilines is 2. The predicted octanol–water partition coefficient (Wildman–Crippen LogP) is 16.0. The standard InChI is InChI=1S/C55H36N2O2S/c1-3-11-35(12-4-1)36-21-26-41(27-22-36)57(43-16-9-15-40(33-43)44-18-10-19-46-45-17-7-8-20-51(45)60-54(44)46)42-28-23-37(24-29-42)39-25-30-47-50(34-39)58-49-32-31-48-53(52(47)49)59-55(56-48)38-13-5-2-6-14-38/h1-23,25-28,30-34H,24,29H2. The molecule has 8 aromatic carbocycles. The van der Waals surface area contributed by atoms with E-state index in [9.17, 15) is 0 Å². The van der Waals surface area contributed by atoms with Crippen molar-refractivity contribution in [2.24, 2.45) is 0 Å². The molecule has 5 heteroatoms. The number of allylic oxidation sites excluding steroid dienone is 4. The molecule has 1 aliphatic rings. The van der Waals surface area contributed by atoms with Gasteiger partial charge in [0.1, 0.15) is 16.7 Å². The summed E-state index contributed by atoms with van der Waals surface area (Å²) in [7, 11) is 0. The molecule has 0 fully saturated rings. The van der Waals surface area contributed by atoms with Gasteiger partial charge in [0.05, 0.1) is 5.39 Å². The van der Waals surface area contributed by atoms with Crippen LogP contribution in [0, 0.1) is 0 Å². The molecule has 284 valence electrons. The quantitative estimate of drug-likeness (QED) is 0.161. The van der Waals surface area contributed by atoms with E-state index in [2.05, 4.69) is 157 Å². The van der Waals surface area contributed by atoms with Gasteiger partial charge in [-0.25, -0.2) is 4.98 Å². The van der Waals surface area contributed by atoms with Gasteiger partial charge in [-0.1, -0.05) is 121 Å². The first-order valence-corrected chi connectivity index (χ1v) is 21.2. The number of oxazole rings is 1. The van der Waals surface area contributed by atoms with E-state index in [4.69, 9.17) is 13.8 Å². The van der Waals surface area contributed by atoms with Crippen molar-refractivity contribution in [1.82, 2.24) is 4.98 Å². The number of thiophene rings is 1. The lowest BCUT2D eigenvalue weighted by atomic mass is 9.94. The predicted molar refractivity (Wildman–Crippen MR) is 251 cm³/mol. The first-order valence-electron chi connectivity index (χ1n) is 20.4. The summed E-state index contributed by atoms with van der Waals surface area (Å²) in [5.74, 6) is 0.612. The zero-order valence-corrected chi connectivity index (χ0v) is 33.3. The van der Waals surface area contributed by atoms with Gasteiger partial charge in [-0.3, -0.25) is 0 Å². The van der Waals surface area contributed by atoms with Crippen molar-refractivity contribution in [1.29, 1.82) is 0 Å². The van der Waals surface area contributed by atoms with Crippen LogP contribution in [-0.4, -0.2) is 4.98 Å². The number of furan rings is 1. The van der Waals surface area contributed by atoms with Crippen LogP contribution in [0.15, 0.2) is 209 Å². The van der Waals surface area contributed by atoms with Gasteiger partial charge in [0.15, 0.2) is 5.58 Å². The first kappa shape index (κ1) is 34.6. The molecule has 0 amide bonds. The van der Waals surface area contributed by atoms with E-state index >= 15 is 0 Å². The largest absolute Gasteiger partial charge is 0.456 e. The van der Waals surface area contributed by atoms with Crippen LogP contribution in [0.25, 0.3) is 92.5 Å². The summed E-state index contributed by atoms with van der Waals surface area (Å²) in [6.45, 7) is 0. The molecule has 0 atom stereocenters. The van der Waals surface area contributed by atoms with Crippen LogP contribution in [0.1, 0.15) is 18.4 Å². The van der Waals surface area contributed by atoms with Gasteiger partial charge in [0.2, 0.25) is 5.89 Å². The van der Waals surface area contributed by atoms with Crippen LogP contribution >= 0.6 is 11.3 Å². The highest BCUT2D eigenvalue weighted by atomic mass is 32.1. The molecule has 0 unspecified atom stereocenters. The smallest absolute Gasteiger partial charge is 0.227 e. The minimum absolute atomic E-state index is 0.612. The van der Waals surface area contributed by atoms with Crippen LogP contribution in [0.3, 0.4) is 0 Å². The van der Waals surface area contributed by atoms with E-state index in [1.807, 2.05) is 53.8 Å². The van der Waals surface area contributed by atoms with Crippen LogP contribution in [0.5, 0.6) is 0 Å². The van der Waals surface area contributed by atoms with E-state index in [0.717, 1.165) is 68.4 Å². The van der Waals surface area contributed by atoms with E-state index in [0.29, 0.717) is 5.89 Å². The molecule has 12 rings (SSSR count). The number of benzene rings is 8. The molecule has 4 nitrogen and oxygen atoms in total. The van der Waals surface area contributed by atoms with Crippen molar-refractivity contribution >= 4 is 81.5 Å². The lowest BCUT2D eigenvalue weighted by Crippen LogP contribution is -2.18. The third kappa shape index (κ3) is 5.85. The SMILES string of the molecule is C1=C(c2ccc3c(c2)oc2ccc4nc(-c5ccccc5)oc4c23)CCC(N(c2ccc(-c3ccccc3)cc2)c2cccc(-c3cccc4c3sc3ccccc34)c2)=C1. The summed E-state index contributed by atoms with van der Waals surface area (Å²) in [5.41, 5.74) is 15.0. The maximum atomic E-state index is 6.48. The number of nitrogens with zero attached hydrogens (tertiary/aromatic N) is 2. The van der Waals surface area contributed by atoms with Crippen LogP contribution in [0.4, 0.5) is 11.4 Å². The lowest BCUT2D eigenvalue weighted by molar-refractivity contribution is 0.622. The number of hydrogen-bond donors (Lipinski definition) is 0. The molecule has 11 aromatic rings. The molecule has 0 radical (unpaired) electrons. The number of rotatable bonds is 7. The van der Waals surface area contributed by atoms with Crippen LogP contribution in [0.2, 0.25) is 0 Å². The average molecular weight is 789 g/mol. The maximum absolute atomic E-state index is 6.48. The minimum atomic E-state index is 0.612. The summed E-state index contributed by atoms with van der Waals surface area (Å²) in [6, 6.07) is 64.6. The topological polar surface area (TPSA) is 42.4 Å². The van der Waals surface area contributed by atoms with Gasteiger partial charge in [0.25, 0.3) is 0 Å². The summed E-state index contributed by atoms with van der Waals surface area (Å²) >= 11 is 1.87. The first-order chi connectivity index (χ1) is 29.7. The van der Waals surface area contributed by atoms with Gasteiger partial charge in [-0.05, 0) is 119 Å². The molecular formula is C55H36N2O2S. The molecule has 1 aliphatic carbocycles. The van der Waals surface area contributed by atoms with Crippen molar-refractivity contribution in [3.05, 3.63) is 205 Å². The fourth-order valence-corrected chi connectivity index (χ4v) is 10.1. The number of fused-ring (bicyclic) bond motifs is 8.